The zero-order chi connectivity index (χ0) is 11.1. The molecule has 0 bridgehead atoms. The summed E-state index contributed by atoms with van der Waals surface area (Å²) in [5.41, 5.74) is 0. The zero-order valence-electron chi connectivity index (χ0n) is 9.32. The van der Waals surface area contributed by atoms with Crippen LogP contribution in [-0.4, -0.2) is 55.0 Å². The Bertz CT molecular complexity index is 241. The van der Waals surface area contributed by atoms with Crippen LogP contribution in [0.5, 0.6) is 0 Å². The molecule has 2 N–H and O–H groups in total. The van der Waals surface area contributed by atoms with Crippen LogP contribution >= 0.6 is 24.2 Å². The predicted octanol–water partition coefficient (Wildman–Crippen LogP) is -0.333. The quantitative estimate of drug-likeness (QED) is 0.647. The third kappa shape index (κ3) is 5.58. The van der Waals surface area contributed by atoms with Crippen molar-refractivity contribution in [3.8, 4) is 0 Å². The first-order chi connectivity index (χ1) is 7.24. The molecule has 0 unspecified atom stereocenters. The maximum Gasteiger partial charge on any atom is 0.239 e. The van der Waals surface area contributed by atoms with E-state index in [2.05, 4.69) is 10.6 Å². The Kier molecular flexibility index (Phi) is 8.42. The molecule has 1 fully saturated rings. The predicted molar refractivity (Wildman–Crippen MR) is 67.8 cm³/mol. The summed E-state index contributed by atoms with van der Waals surface area (Å²) in [6.07, 6.45) is 0.908. The van der Waals surface area contributed by atoms with Gasteiger partial charge in [0.15, 0.2) is 0 Å². The Morgan fingerprint density at radius 1 is 1.50 bits per heavy atom. The van der Waals surface area contributed by atoms with Crippen LogP contribution in [0.3, 0.4) is 0 Å². The van der Waals surface area contributed by atoms with Crippen molar-refractivity contribution in [3.63, 3.8) is 0 Å². The highest BCUT2D eigenvalue weighted by atomic mass is 35.5. The first-order valence-corrected chi connectivity index (χ1v) is 6.16. The van der Waals surface area contributed by atoms with Gasteiger partial charge in [0.1, 0.15) is 6.54 Å². The van der Waals surface area contributed by atoms with Gasteiger partial charge in [0.05, 0.1) is 11.6 Å². The molecule has 5 nitrogen and oxygen atoms in total. The zero-order valence-corrected chi connectivity index (χ0v) is 11.0. The summed E-state index contributed by atoms with van der Waals surface area (Å²) in [4.78, 5) is 24.2. The van der Waals surface area contributed by atoms with Crippen molar-refractivity contribution in [1.29, 1.82) is 0 Å². The normalized spacial score (nSPS) is 14.8. The highest BCUT2D eigenvalue weighted by Gasteiger charge is 2.22. The Hall–Kier alpha value is -0.460. The fraction of sp³-hybridized carbons (Fsp3) is 0.778. The Balaban J connectivity index is 0.00000225. The van der Waals surface area contributed by atoms with E-state index in [1.165, 1.54) is 0 Å². The summed E-state index contributed by atoms with van der Waals surface area (Å²) in [7, 11) is 1.88. The lowest BCUT2D eigenvalue weighted by Gasteiger charge is -2.13. The number of carbonyl (C=O) groups is 2. The molecule has 1 rings (SSSR count). The van der Waals surface area contributed by atoms with Crippen molar-refractivity contribution in [1.82, 2.24) is 15.5 Å². The summed E-state index contributed by atoms with van der Waals surface area (Å²) in [6.45, 7) is 1.75. The molecule has 1 saturated heterocycles. The van der Waals surface area contributed by atoms with E-state index in [0.29, 0.717) is 18.2 Å². The SMILES string of the molecule is CNCCCNC(=O)CN1CSCC1=O.Cl. The van der Waals surface area contributed by atoms with Gasteiger partial charge in [-0.25, -0.2) is 0 Å². The molecular formula is C9H18ClN3O2S. The van der Waals surface area contributed by atoms with Crippen LogP contribution in [-0.2, 0) is 9.59 Å². The van der Waals surface area contributed by atoms with Crippen LogP contribution in [0.1, 0.15) is 6.42 Å². The molecule has 0 saturated carbocycles. The molecule has 1 heterocycles. The first-order valence-electron chi connectivity index (χ1n) is 5.01. The average Bonchev–Trinajstić information content (AvgIpc) is 2.59. The second-order valence-corrected chi connectivity index (χ2v) is 4.33. The van der Waals surface area contributed by atoms with Crippen LogP contribution in [0, 0.1) is 0 Å². The van der Waals surface area contributed by atoms with Crippen molar-refractivity contribution in [3.05, 3.63) is 0 Å². The van der Waals surface area contributed by atoms with Gasteiger partial charge in [-0.2, -0.15) is 0 Å². The maximum absolute atomic E-state index is 11.4. The second kappa shape index (κ2) is 8.66. The highest BCUT2D eigenvalue weighted by Crippen LogP contribution is 2.13. The van der Waals surface area contributed by atoms with E-state index >= 15 is 0 Å². The van der Waals surface area contributed by atoms with Gasteiger partial charge in [0, 0.05) is 6.54 Å². The number of carbonyl (C=O) groups excluding carboxylic acids is 2. The van der Waals surface area contributed by atoms with Gasteiger partial charge < -0.3 is 15.5 Å². The summed E-state index contributed by atoms with van der Waals surface area (Å²) >= 11 is 1.55. The molecule has 2 amide bonds. The molecule has 7 heteroatoms. The maximum atomic E-state index is 11.4. The smallest absolute Gasteiger partial charge is 0.239 e. The number of hydrogen-bond donors (Lipinski definition) is 2. The molecule has 0 aliphatic carbocycles. The molecule has 1 aliphatic heterocycles. The Labute approximate surface area is 106 Å². The van der Waals surface area contributed by atoms with Gasteiger partial charge in [0.25, 0.3) is 0 Å². The summed E-state index contributed by atoms with van der Waals surface area (Å²) in [6, 6.07) is 0. The summed E-state index contributed by atoms with van der Waals surface area (Å²) in [5.74, 6) is 1.14. The van der Waals surface area contributed by atoms with E-state index in [-0.39, 0.29) is 30.8 Å². The first kappa shape index (κ1) is 15.5. The van der Waals surface area contributed by atoms with Crippen molar-refractivity contribution in [2.24, 2.45) is 0 Å². The standard InChI is InChI=1S/C9H17N3O2S.ClH/c1-10-3-2-4-11-8(13)5-12-7-15-6-9(12)14;/h10H,2-7H2,1H3,(H,11,13);1H. The van der Waals surface area contributed by atoms with Crippen molar-refractivity contribution in [2.45, 2.75) is 6.42 Å². The molecule has 0 aromatic carbocycles. The number of rotatable bonds is 6. The molecule has 1 aliphatic rings. The van der Waals surface area contributed by atoms with Crippen molar-refractivity contribution in [2.75, 3.05) is 38.3 Å². The molecule has 0 atom stereocenters. The third-order valence-electron chi connectivity index (χ3n) is 2.09. The fourth-order valence-corrected chi connectivity index (χ4v) is 2.17. The minimum atomic E-state index is -0.0676. The number of nitrogens with one attached hydrogen (secondary N) is 2. The van der Waals surface area contributed by atoms with E-state index in [9.17, 15) is 9.59 Å². The minimum Gasteiger partial charge on any atom is -0.355 e. The van der Waals surface area contributed by atoms with E-state index in [4.69, 9.17) is 0 Å². The Morgan fingerprint density at radius 3 is 2.81 bits per heavy atom. The third-order valence-corrected chi connectivity index (χ3v) is 3.03. The minimum absolute atomic E-state index is 0. The molecule has 0 aromatic heterocycles. The van der Waals surface area contributed by atoms with Gasteiger partial charge >= 0.3 is 0 Å². The lowest BCUT2D eigenvalue weighted by atomic mass is 10.4. The molecule has 0 radical (unpaired) electrons. The Morgan fingerprint density at radius 2 is 2.25 bits per heavy atom. The highest BCUT2D eigenvalue weighted by molar-refractivity contribution is 8.00. The number of halogens is 1. The van der Waals surface area contributed by atoms with Gasteiger partial charge in [0.2, 0.25) is 11.8 Å². The van der Waals surface area contributed by atoms with E-state index < -0.39 is 0 Å². The lowest BCUT2D eigenvalue weighted by Crippen LogP contribution is -2.38. The topological polar surface area (TPSA) is 61.4 Å². The number of amides is 2. The average molecular weight is 268 g/mol. The fourth-order valence-electron chi connectivity index (χ4n) is 1.26. The molecular weight excluding hydrogens is 250 g/mol. The van der Waals surface area contributed by atoms with Crippen LogP contribution in [0.25, 0.3) is 0 Å². The van der Waals surface area contributed by atoms with Crippen LogP contribution < -0.4 is 10.6 Å². The number of hydrogen-bond acceptors (Lipinski definition) is 4. The summed E-state index contributed by atoms with van der Waals surface area (Å²) in [5, 5.41) is 5.79. The number of nitrogens with zero attached hydrogens (tertiary/aromatic N) is 1. The van der Waals surface area contributed by atoms with E-state index in [0.717, 1.165) is 13.0 Å². The van der Waals surface area contributed by atoms with Crippen LogP contribution in [0.15, 0.2) is 0 Å². The molecule has 0 spiro atoms. The summed E-state index contributed by atoms with van der Waals surface area (Å²) < 4.78 is 0. The van der Waals surface area contributed by atoms with Crippen LogP contribution in [0.4, 0.5) is 0 Å². The molecule has 94 valence electrons. The van der Waals surface area contributed by atoms with E-state index in [1.807, 2.05) is 7.05 Å². The van der Waals surface area contributed by atoms with E-state index in [1.54, 1.807) is 16.7 Å². The van der Waals surface area contributed by atoms with Gasteiger partial charge in [-0.3, -0.25) is 9.59 Å². The lowest BCUT2D eigenvalue weighted by molar-refractivity contribution is -0.132. The number of thioether (sulfide) groups is 1. The van der Waals surface area contributed by atoms with Gasteiger partial charge in [-0.15, -0.1) is 24.2 Å². The van der Waals surface area contributed by atoms with Crippen molar-refractivity contribution >= 4 is 36.0 Å². The monoisotopic (exact) mass is 267 g/mol. The van der Waals surface area contributed by atoms with Gasteiger partial charge in [-0.05, 0) is 20.0 Å². The largest absolute Gasteiger partial charge is 0.355 e. The van der Waals surface area contributed by atoms with Crippen molar-refractivity contribution < 1.29 is 9.59 Å². The molecule has 0 aromatic rings. The van der Waals surface area contributed by atoms with Gasteiger partial charge in [-0.1, -0.05) is 0 Å². The molecule has 16 heavy (non-hydrogen) atoms. The van der Waals surface area contributed by atoms with Crippen LogP contribution in [0.2, 0.25) is 0 Å². The second-order valence-electron chi connectivity index (χ2n) is 3.38.